The fraction of sp³-hybridized carbons (Fsp3) is 0.188. The van der Waals surface area contributed by atoms with Crippen molar-refractivity contribution in [3.8, 4) is 11.5 Å². The van der Waals surface area contributed by atoms with Gasteiger partial charge >= 0.3 is 5.91 Å². The SMILES string of the molecule is COc1ccc(COc2cc(Br)cc(F)c2N2CC(=O)N[N+]2=O)cc1. The van der Waals surface area contributed by atoms with Crippen LogP contribution in [-0.4, -0.2) is 24.5 Å². The summed E-state index contributed by atoms with van der Waals surface area (Å²) in [6, 6.07) is 9.93. The predicted molar refractivity (Wildman–Crippen MR) is 90.5 cm³/mol. The van der Waals surface area contributed by atoms with Crippen LogP contribution in [-0.2, 0) is 11.4 Å². The van der Waals surface area contributed by atoms with E-state index in [2.05, 4.69) is 15.9 Å². The third kappa shape index (κ3) is 3.71. The highest BCUT2D eigenvalue weighted by molar-refractivity contribution is 9.10. The molecule has 1 saturated heterocycles. The molecule has 2 aromatic carbocycles. The van der Waals surface area contributed by atoms with Gasteiger partial charge in [0.15, 0.2) is 23.8 Å². The molecule has 7 nitrogen and oxygen atoms in total. The van der Waals surface area contributed by atoms with E-state index in [9.17, 15) is 14.1 Å². The van der Waals surface area contributed by atoms with Gasteiger partial charge in [-0.2, -0.15) is 0 Å². The van der Waals surface area contributed by atoms with Crippen LogP contribution in [0.15, 0.2) is 40.9 Å². The molecular formula is C16H14BrFN3O4+. The minimum Gasteiger partial charge on any atom is -0.497 e. The van der Waals surface area contributed by atoms with Crippen molar-refractivity contribution in [2.45, 2.75) is 6.61 Å². The minimum atomic E-state index is -0.684. The number of amides is 1. The highest BCUT2D eigenvalue weighted by Gasteiger charge is 2.40. The Bertz CT molecular complexity index is 829. The Balaban J connectivity index is 1.87. The number of hydrazine groups is 2. The second-order valence-corrected chi connectivity index (χ2v) is 6.15. The molecule has 0 bridgehead atoms. The van der Waals surface area contributed by atoms with Gasteiger partial charge in [0.25, 0.3) is 4.98 Å². The summed E-state index contributed by atoms with van der Waals surface area (Å²) < 4.78 is 25.7. The first kappa shape index (κ1) is 17.2. The van der Waals surface area contributed by atoms with Gasteiger partial charge in [-0.3, -0.25) is 4.79 Å². The summed E-state index contributed by atoms with van der Waals surface area (Å²) in [4.78, 5) is 23.4. The molecule has 0 unspecified atom stereocenters. The Morgan fingerprint density at radius 2 is 2.04 bits per heavy atom. The van der Waals surface area contributed by atoms with E-state index >= 15 is 0 Å². The first-order chi connectivity index (χ1) is 12.0. The first-order valence-electron chi connectivity index (χ1n) is 7.27. The number of carbonyl (C=O) groups excluding carboxylic acids is 1. The van der Waals surface area contributed by atoms with Gasteiger partial charge in [0.05, 0.1) is 12.0 Å². The molecule has 0 aromatic heterocycles. The molecule has 0 spiro atoms. The first-order valence-corrected chi connectivity index (χ1v) is 8.06. The third-order valence-electron chi connectivity index (χ3n) is 3.54. The molecule has 2 aromatic rings. The molecule has 1 N–H and O–H groups in total. The zero-order chi connectivity index (χ0) is 18.0. The average Bonchev–Trinajstić information content (AvgIpc) is 2.91. The summed E-state index contributed by atoms with van der Waals surface area (Å²) in [7, 11) is 1.57. The molecular weight excluding hydrogens is 397 g/mol. The molecule has 1 fully saturated rings. The minimum absolute atomic E-state index is 0.106. The smallest absolute Gasteiger partial charge is 0.307 e. The molecule has 1 heterocycles. The van der Waals surface area contributed by atoms with E-state index in [-0.39, 0.29) is 29.6 Å². The quantitative estimate of drug-likeness (QED) is 0.767. The Kier molecular flexibility index (Phi) is 4.84. The maximum Gasteiger partial charge on any atom is 0.307 e. The fourth-order valence-electron chi connectivity index (χ4n) is 2.36. The van der Waals surface area contributed by atoms with Crippen molar-refractivity contribution in [3.05, 3.63) is 57.2 Å². The zero-order valence-electron chi connectivity index (χ0n) is 13.2. The normalized spacial score (nSPS) is 13.8. The Hall–Kier alpha value is -2.68. The molecule has 25 heavy (non-hydrogen) atoms. The molecule has 1 aliphatic heterocycles. The maximum atomic E-state index is 14.4. The van der Waals surface area contributed by atoms with E-state index in [1.54, 1.807) is 25.3 Å². The molecule has 1 amide bonds. The van der Waals surface area contributed by atoms with E-state index < -0.39 is 11.7 Å². The summed E-state index contributed by atoms with van der Waals surface area (Å²) in [5.41, 5.74) is 2.77. The lowest BCUT2D eigenvalue weighted by molar-refractivity contribution is -0.591. The number of anilines is 1. The standard InChI is InChI=1S/C16H13BrFN3O4/c1-24-12-4-2-10(3-5-12)9-25-14-7-11(17)6-13(18)16(14)20-8-15(22)19-21(20)23/h2-7H,8-9H2,1H3/p+1. The van der Waals surface area contributed by atoms with Crippen molar-refractivity contribution in [1.29, 1.82) is 0 Å². The van der Waals surface area contributed by atoms with E-state index in [0.717, 1.165) is 10.6 Å². The molecule has 0 saturated carbocycles. The van der Waals surface area contributed by atoms with Crippen LogP contribution < -0.4 is 19.9 Å². The van der Waals surface area contributed by atoms with Crippen LogP contribution in [0.5, 0.6) is 11.5 Å². The van der Waals surface area contributed by atoms with Gasteiger partial charge in [-0.15, -0.1) is 0 Å². The maximum absolute atomic E-state index is 14.4. The molecule has 0 radical (unpaired) electrons. The highest BCUT2D eigenvalue weighted by atomic mass is 79.9. The zero-order valence-corrected chi connectivity index (χ0v) is 14.7. The van der Waals surface area contributed by atoms with Crippen molar-refractivity contribution >= 4 is 27.5 Å². The summed E-state index contributed by atoms with van der Waals surface area (Å²) in [6.45, 7) is -0.137. The average molecular weight is 411 g/mol. The number of halogens is 2. The molecule has 0 atom stereocenters. The molecule has 130 valence electrons. The Morgan fingerprint density at radius 3 is 2.64 bits per heavy atom. The molecule has 0 aliphatic carbocycles. The van der Waals surface area contributed by atoms with Crippen LogP contribution >= 0.6 is 15.9 Å². The van der Waals surface area contributed by atoms with E-state index in [4.69, 9.17) is 9.47 Å². The van der Waals surface area contributed by atoms with Gasteiger partial charge in [-0.25, -0.2) is 4.39 Å². The largest absolute Gasteiger partial charge is 0.497 e. The number of hydrogen-bond acceptors (Lipinski definition) is 4. The number of nitroso groups, excluding NO2 is 1. The van der Waals surface area contributed by atoms with Crippen molar-refractivity contribution in [2.24, 2.45) is 0 Å². The number of benzene rings is 2. The van der Waals surface area contributed by atoms with Crippen LogP contribution in [0.4, 0.5) is 10.1 Å². The van der Waals surface area contributed by atoms with E-state index in [1.807, 2.05) is 17.6 Å². The van der Waals surface area contributed by atoms with Crippen LogP contribution in [0, 0.1) is 10.7 Å². The van der Waals surface area contributed by atoms with Crippen LogP contribution in [0.3, 0.4) is 0 Å². The summed E-state index contributed by atoms with van der Waals surface area (Å²) in [5, 5.41) is 0.938. The van der Waals surface area contributed by atoms with E-state index in [1.165, 1.54) is 6.07 Å². The van der Waals surface area contributed by atoms with Crippen LogP contribution in [0.1, 0.15) is 5.56 Å². The number of nitrogens with zero attached hydrogens (tertiary/aromatic N) is 2. The lowest BCUT2D eigenvalue weighted by Crippen LogP contribution is -2.31. The van der Waals surface area contributed by atoms with Gasteiger partial charge in [0, 0.05) is 4.47 Å². The fourth-order valence-corrected chi connectivity index (χ4v) is 2.77. The van der Waals surface area contributed by atoms with Gasteiger partial charge in [-0.05, 0) is 29.8 Å². The van der Waals surface area contributed by atoms with Crippen LogP contribution in [0.25, 0.3) is 0 Å². The number of methoxy groups -OCH3 is 1. The van der Waals surface area contributed by atoms with Gasteiger partial charge in [0.1, 0.15) is 12.4 Å². The summed E-state index contributed by atoms with van der Waals surface area (Å²) >= 11 is 3.20. The topological polar surface area (TPSA) is 70.9 Å². The number of ether oxygens (including phenoxy) is 2. The number of nitrogens with one attached hydrogen (secondary N) is 1. The van der Waals surface area contributed by atoms with E-state index in [0.29, 0.717) is 10.2 Å². The molecule has 3 rings (SSSR count). The van der Waals surface area contributed by atoms with Crippen LogP contribution in [0.2, 0.25) is 0 Å². The Labute approximate surface area is 151 Å². The monoisotopic (exact) mass is 410 g/mol. The van der Waals surface area contributed by atoms with Crippen molar-refractivity contribution < 1.29 is 23.6 Å². The van der Waals surface area contributed by atoms with Crippen molar-refractivity contribution in [1.82, 2.24) is 5.43 Å². The third-order valence-corrected chi connectivity index (χ3v) is 4.00. The van der Waals surface area contributed by atoms with Crippen molar-refractivity contribution in [2.75, 3.05) is 18.7 Å². The number of hydrogen-bond donors (Lipinski definition) is 1. The lowest BCUT2D eigenvalue weighted by atomic mass is 10.2. The number of carbonyl (C=O) groups is 1. The second kappa shape index (κ2) is 7.06. The van der Waals surface area contributed by atoms with Gasteiger partial charge < -0.3 is 9.47 Å². The summed E-state index contributed by atoms with van der Waals surface area (Å²) in [5.74, 6) is -0.364. The van der Waals surface area contributed by atoms with Gasteiger partial charge in [-0.1, -0.05) is 38.5 Å². The molecule has 1 aliphatic rings. The Morgan fingerprint density at radius 1 is 1.32 bits per heavy atom. The summed E-state index contributed by atoms with van der Waals surface area (Å²) in [6.07, 6.45) is 0. The highest BCUT2D eigenvalue weighted by Crippen LogP contribution is 2.36. The van der Waals surface area contributed by atoms with Crippen molar-refractivity contribution in [3.63, 3.8) is 0 Å². The predicted octanol–water partition coefficient (Wildman–Crippen LogP) is 2.72. The molecule has 9 heteroatoms. The van der Waals surface area contributed by atoms with Gasteiger partial charge in [0.2, 0.25) is 0 Å². The number of rotatable bonds is 5. The second-order valence-electron chi connectivity index (χ2n) is 5.24. The lowest BCUT2D eigenvalue weighted by Gasteiger charge is -2.14.